The van der Waals surface area contributed by atoms with Gasteiger partial charge in [-0.2, -0.15) is 0 Å². The summed E-state index contributed by atoms with van der Waals surface area (Å²) in [6, 6.07) is 0. The van der Waals surface area contributed by atoms with Crippen LogP contribution < -0.4 is 5.73 Å². The van der Waals surface area contributed by atoms with Crippen molar-refractivity contribution in [1.29, 1.82) is 0 Å². The van der Waals surface area contributed by atoms with Gasteiger partial charge in [-0.15, -0.1) is 0 Å². The quantitative estimate of drug-likeness (QED) is 0.687. The fourth-order valence-corrected chi connectivity index (χ4v) is 2.95. The third kappa shape index (κ3) is 1.44. The summed E-state index contributed by atoms with van der Waals surface area (Å²) < 4.78 is 0. The van der Waals surface area contributed by atoms with Crippen molar-refractivity contribution in [3.05, 3.63) is 0 Å². The van der Waals surface area contributed by atoms with Gasteiger partial charge in [-0.25, -0.2) is 0 Å². The molecule has 1 saturated carbocycles. The first kappa shape index (κ1) is 11.5. The number of hydrogen-bond donors (Lipinski definition) is 2. The Kier molecular flexibility index (Phi) is 3.20. The fourth-order valence-electron chi connectivity index (χ4n) is 2.95. The molecule has 1 fully saturated rings. The van der Waals surface area contributed by atoms with Crippen molar-refractivity contribution >= 4 is 5.97 Å². The predicted octanol–water partition coefficient (Wildman–Crippen LogP) is 2.01. The van der Waals surface area contributed by atoms with Crippen LogP contribution in [-0.2, 0) is 4.79 Å². The normalized spacial score (nSPS) is 28.8. The molecule has 0 aromatic rings. The molecule has 0 aromatic heterocycles. The number of rotatable bonds is 6. The third-order valence-electron chi connectivity index (χ3n) is 3.75. The van der Waals surface area contributed by atoms with E-state index in [1.807, 2.05) is 0 Å². The van der Waals surface area contributed by atoms with E-state index in [0.29, 0.717) is 6.54 Å². The van der Waals surface area contributed by atoms with Gasteiger partial charge in [-0.05, 0) is 24.7 Å². The van der Waals surface area contributed by atoms with Crippen molar-refractivity contribution in [1.82, 2.24) is 0 Å². The molecule has 1 aliphatic rings. The van der Waals surface area contributed by atoms with Gasteiger partial charge in [-0.1, -0.05) is 26.7 Å². The molecule has 1 rings (SSSR count). The van der Waals surface area contributed by atoms with Crippen molar-refractivity contribution in [3.8, 4) is 0 Å². The minimum atomic E-state index is -0.693. The Morgan fingerprint density at radius 1 is 1.36 bits per heavy atom. The second kappa shape index (κ2) is 3.89. The molecule has 3 nitrogen and oxygen atoms in total. The van der Waals surface area contributed by atoms with Gasteiger partial charge in [0.15, 0.2) is 0 Å². The highest BCUT2D eigenvalue weighted by Gasteiger charge is 2.69. The molecule has 0 bridgehead atoms. The zero-order valence-corrected chi connectivity index (χ0v) is 9.18. The van der Waals surface area contributed by atoms with Crippen molar-refractivity contribution in [2.24, 2.45) is 16.6 Å². The predicted molar refractivity (Wildman–Crippen MR) is 56.0 cm³/mol. The minimum absolute atomic E-state index is 0.0110. The number of carbonyl (C=O) groups is 1. The largest absolute Gasteiger partial charge is 0.481 e. The lowest BCUT2D eigenvalue weighted by Gasteiger charge is -2.20. The molecule has 1 unspecified atom stereocenters. The molecular weight excluding hydrogens is 178 g/mol. The van der Waals surface area contributed by atoms with Gasteiger partial charge in [0.2, 0.25) is 0 Å². The molecule has 3 heteroatoms. The summed E-state index contributed by atoms with van der Waals surface area (Å²) in [5, 5.41) is 9.21. The maximum atomic E-state index is 11.2. The summed E-state index contributed by atoms with van der Waals surface area (Å²) in [7, 11) is 0. The van der Waals surface area contributed by atoms with Crippen LogP contribution in [0.5, 0.6) is 0 Å². The van der Waals surface area contributed by atoms with Crippen LogP contribution in [0.3, 0.4) is 0 Å². The van der Waals surface area contributed by atoms with Gasteiger partial charge in [0.1, 0.15) is 0 Å². The molecule has 3 N–H and O–H groups in total. The van der Waals surface area contributed by atoms with Crippen LogP contribution in [0.2, 0.25) is 0 Å². The highest BCUT2D eigenvalue weighted by atomic mass is 16.4. The fraction of sp³-hybridized carbons (Fsp3) is 0.909. The Hall–Kier alpha value is -0.570. The number of carboxylic acids is 1. The third-order valence-corrected chi connectivity index (χ3v) is 3.75. The van der Waals surface area contributed by atoms with Gasteiger partial charge in [-0.3, -0.25) is 4.79 Å². The van der Waals surface area contributed by atoms with E-state index in [1.54, 1.807) is 0 Å². The van der Waals surface area contributed by atoms with Crippen LogP contribution in [0.15, 0.2) is 0 Å². The summed E-state index contributed by atoms with van der Waals surface area (Å²) in [5.74, 6) is -0.693. The monoisotopic (exact) mass is 199 g/mol. The highest BCUT2D eigenvalue weighted by molar-refractivity contribution is 5.80. The number of hydrogen-bond acceptors (Lipinski definition) is 2. The summed E-state index contributed by atoms with van der Waals surface area (Å²) in [4.78, 5) is 11.2. The van der Waals surface area contributed by atoms with Gasteiger partial charge in [0.25, 0.3) is 0 Å². The molecule has 1 aliphatic carbocycles. The van der Waals surface area contributed by atoms with Gasteiger partial charge < -0.3 is 10.8 Å². The summed E-state index contributed by atoms with van der Waals surface area (Å²) in [5.41, 5.74) is 5.04. The molecule has 0 radical (unpaired) electrons. The Morgan fingerprint density at radius 2 is 1.86 bits per heavy atom. The Bertz CT molecular complexity index is 221. The number of nitrogens with two attached hydrogens (primary N) is 1. The Labute approximate surface area is 85.7 Å². The SMILES string of the molecule is CCCC1(CCC)CC1(CN)C(=O)O. The second-order valence-corrected chi connectivity index (χ2v) is 4.55. The standard InChI is InChI=1S/C11H21NO2/c1-3-5-10(6-4-2)7-11(10,8-12)9(13)14/h3-8,12H2,1-2H3,(H,13,14). The Balaban J connectivity index is 2.79. The first-order valence-corrected chi connectivity index (χ1v) is 5.52. The summed E-state index contributed by atoms with van der Waals surface area (Å²) in [6.45, 7) is 4.51. The lowest BCUT2D eigenvalue weighted by molar-refractivity contribution is -0.144. The molecule has 0 aliphatic heterocycles. The van der Waals surface area contributed by atoms with E-state index in [4.69, 9.17) is 5.73 Å². The van der Waals surface area contributed by atoms with Gasteiger partial charge in [0.05, 0.1) is 5.41 Å². The highest BCUT2D eigenvalue weighted by Crippen LogP contribution is 2.68. The molecular formula is C11H21NO2. The lowest BCUT2D eigenvalue weighted by Crippen LogP contribution is -2.31. The average molecular weight is 199 g/mol. The second-order valence-electron chi connectivity index (χ2n) is 4.55. The zero-order chi connectivity index (χ0) is 10.8. The average Bonchev–Trinajstić information content (AvgIpc) is 2.76. The van der Waals surface area contributed by atoms with Crippen molar-refractivity contribution in [2.45, 2.75) is 46.0 Å². The zero-order valence-electron chi connectivity index (χ0n) is 9.18. The summed E-state index contributed by atoms with van der Waals surface area (Å²) >= 11 is 0. The smallest absolute Gasteiger partial charge is 0.311 e. The number of aliphatic carboxylic acids is 1. The molecule has 0 aromatic carbocycles. The first-order valence-electron chi connectivity index (χ1n) is 5.52. The van der Waals surface area contributed by atoms with Crippen LogP contribution in [0, 0.1) is 10.8 Å². The van der Waals surface area contributed by atoms with Crippen molar-refractivity contribution in [3.63, 3.8) is 0 Å². The topological polar surface area (TPSA) is 63.3 Å². The van der Waals surface area contributed by atoms with E-state index in [2.05, 4.69) is 13.8 Å². The maximum Gasteiger partial charge on any atom is 0.311 e. The van der Waals surface area contributed by atoms with E-state index in [1.165, 1.54) is 0 Å². The molecule has 82 valence electrons. The van der Waals surface area contributed by atoms with E-state index in [0.717, 1.165) is 32.1 Å². The van der Waals surface area contributed by atoms with Crippen molar-refractivity contribution < 1.29 is 9.90 Å². The van der Waals surface area contributed by atoms with Crippen molar-refractivity contribution in [2.75, 3.05) is 6.54 Å². The van der Waals surface area contributed by atoms with Crippen LogP contribution in [0.4, 0.5) is 0 Å². The van der Waals surface area contributed by atoms with Gasteiger partial charge in [0, 0.05) is 6.54 Å². The lowest BCUT2D eigenvalue weighted by atomic mass is 9.85. The molecule has 0 heterocycles. The summed E-state index contributed by atoms with van der Waals surface area (Å²) in [6.07, 6.45) is 4.90. The van der Waals surface area contributed by atoms with E-state index >= 15 is 0 Å². The Morgan fingerprint density at radius 3 is 2.07 bits per heavy atom. The minimum Gasteiger partial charge on any atom is -0.481 e. The number of carboxylic acid groups (broad SMARTS) is 1. The van der Waals surface area contributed by atoms with E-state index in [-0.39, 0.29) is 5.41 Å². The molecule has 0 spiro atoms. The molecule has 0 amide bonds. The van der Waals surface area contributed by atoms with E-state index < -0.39 is 11.4 Å². The van der Waals surface area contributed by atoms with E-state index in [9.17, 15) is 9.90 Å². The van der Waals surface area contributed by atoms with Crippen LogP contribution >= 0.6 is 0 Å². The maximum absolute atomic E-state index is 11.2. The molecule has 0 saturated heterocycles. The molecule has 1 atom stereocenters. The van der Waals surface area contributed by atoms with Gasteiger partial charge >= 0.3 is 5.97 Å². The van der Waals surface area contributed by atoms with Crippen LogP contribution in [0.25, 0.3) is 0 Å². The van der Waals surface area contributed by atoms with Crippen LogP contribution in [-0.4, -0.2) is 17.6 Å². The first-order chi connectivity index (χ1) is 6.58. The molecule has 14 heavy (non-hydrogen) atoms. The van der Waals surface area contributed by atoms with Crippen LogP contribution in [0.1, 0.15) is 46.0 Å².